The maximum Gasteiger partial charge on any atom is 0.262 e. The van der Waals surface area contributed by atoms with E-state index in [0.29, 0.717) is 17.8 Å². The summed E-state index contributed by atoms with van der Waals surface area (Å²) in [6.07, 6.45) is 4.65. The third kappa shape index (κ3) is 3.22. The fourth-order valence-electron chi connectivity index (χ4n) is 3.63. The first-order valence-corrected chi connectivity index (χ1v) is 9.59. The Labute approximate surface area is 155 Å². The van der Waals surface area contributed by atoms with E-state index in [9.17, 15) is 9.18 Å². The Kier molecular flexibility index (Phi) is 4.70. The van der Waals surface area contributed by atoms with Gasteiger partial charge in [-0.05, 0) is 36.6 Å². The standard InChI is InChI=1S/C20H20FN3OS/c1-2-8-23-9-7-14(10-23)11-24-13-22-19-18(20(24)25)17(12-26-19)15-3-5-16(21)6-4-15/h2-6,12-14H,1,7-11H2/t14-/m1/s1. The molecule has 0 N–H and O–H groups in total. The minimum absolute atomic E-state index is 0.0160. The van der Waals surface area contributed by atoms with Crippen LogP contribution in [0.5, 0.6) is 0 Å². The van der Waals surface area contributed by atoms with Gasteiger partial charge in [0.15, 0.2) is 0 Å². The monoisotopic (exact) mass is 369 g/mol. The van der Waals surface area contributed by atoms with E-state index in [2.05, 4.69) is 16.5 Å². The van der Waals surface area contributed by atoms with Crippen LogP contribution in [0, 0.1) is 11.7 Å². The van der Waals surface area contributed by atoms with Gasteiger partial charge >= 0.3 is 0 Å². The van der Waals surface area contributed by atoms with Crippen molar-refractivity contribution in [3.05, 3.63) is 64.8 Å². The van der Waals surface area contributed by atoms with Crippen LogP contribution >= 0.6 is 11.3 Å². The average molecular weight is 369 g/mol. The molecule has 26 heavy (non-hydrogen) atoms. The molecule has 2 aromatic heterocycles. The summed E-state index contributed by atoms with van der Waals surface area (Å²) in [5, 5.41) is 2.56. The number of hydrogen-bond acceptors (Lipinski definition) is 4. The second-order valence-corrected chi connectivity index (χ2v) is 7.60. The minimum Gasteiger partial charge on any atom is -0.299 e. The fraction of sp³-hybridized carbons (Fsp3) is 0.300. The van der Waals surface area contributed by atoms with E-state index in [1.165, 1.54) is 23.5 Å². The zero-order chi connectivity index (χ0) is 18.1. The van der Waals surface area contributed by atoms with Crippen LogP contribution in [-0.4, -0.2) is 34.1 Å². The van der Waals surface area contributed by atoms with Crippen LogP contribution in [0.15, 0.2) is 53.4 Å². The average Bonchev–Trinajstić information content (AvgIpc) is 3.26. The van der Waals surface area contributed by atoms with Gasteiger partial charge in [0.2, 0.25) is 0 Å². The van der Waals surface area contributed by atoms with E-state index in [1.54, 1.807) is 23.0 Å². The quantitative estimate of drug-likeness (QED) is 0.643. The van der Waals surface area contributed by atoms with Crippen LogP contribution in [0.25, 0.3) is 21.3 Å². The Bertz CT molecular complexity index is 992. The Hall–Kier alpha value is -2.31. The molecular formula is C20H20FN3OS. The van der Waals surface area contributed by atoms with Gasteiger partial charge in [0.25, 0.3) is 5.56 Å². The molecule has 0 saturated carbocycles. The summed E-state index contributed by atoms with van der Waals surface area (Å²) in [7, 11) is 0. The van der Waals surface area contributed by atoms with Gasteiger partial charge in [-0.1, -0.05) is 18.2 Å². The molecule has 0 aliphatic carbocycles. The van der Waals surface area contributed by atoms with E-state index in [0.717, 1.165) is 42.0 Å². The summed E-state index contributed by atoms with van der Waals surface area (Å²) >= 11 is 1.45. The van der Waals surface area contributed by atoms with Gasteiger partial charge in [-0.25, -0.2) is 9.37 Å². The van der Waals surface area contributed by atoms with E-state index in [-0.39, 0.29) is 11.4 Å². The van der Waals surface area contributed by atoms with Gasteiger partial charge in [0.1, 0.15) is 10.6 Å². The molecule has 1 fully saturated rings. The number of fused-ring (bicyclic) bond motifs is 1. The normalized spacial score (nSPS) is 17.8. The maximum absolute atomic E-state index is 13.2. The molecule has 1 saturated heterocycles. The summed E-state index contributed by atoms with van der Waals surface area (Å²) in [6.45, 7) is 7.38. The van der Waals surface area contributed by atoms with Crippen molar-refractivity contribution in [2.24, 2.45) is 5.92 Å². The van der Waals surface area contributed by atoms with Gasteiger partial charge in [-0.15, -0.1) is 17.9 Å². The number of likely N-dealkylation sites (tertiary alicyclic amines) is 1. The molecule has 1 aliphatic heterocycles. The number of benzene rings is 1. The second-order valence-electron chi connectivity index (χ2n) is 6.74. The lowest BCUT2D eigenvalue weighted by Crippen LogP contribution is -2.26. The molecule has 3 heterocycles. The molecule has 0 radical (unpaired) electrons. The molecule has 134 valence electrons. The lowest BCUT2D eigenvalue weighted by Gasteiger charge is -2.14. The Balaban J connectivity index is 1.66. The van der Waals surface area contributed by atoms with Crippen LogP contribution in [0.1, 0.15) is 6.42 Å². The molecule has 0 spiro atoms. The summed E-state index contributed by atoms with van der Waals surface area (Å²) in [6, 6.07) is 6.25. The van der Waals surface area contributed by atoms with E-state index >= 15 is 0 Å². The first-order chi connectivity index (χ1) is 12.7. The fourth-order valence-corrected chi connectivity index (χ4v) is 4.53. The number of hydrogen-bond donors (Lipinski definition) is 0. The molecule has 4 rings (SSSR count). The zero-order valence-corrected chi connectivity index (χ0v) is 15.2. The summed E-state index contributed by atoms with van der Waals surface area (Å²) < 4.78 is 14.9. The molecule has 0 bridgehead atoms. The van der Waals surface area contributed by atoms with Crippen molar-refractivity contribution < 1.29 is 4.39 Å². The molecule has 1 aliphatic rings. The largest absolute Gasteiger partial charge is 0.299 e. The number of aromatic nitrogens is 2. The number of thiophene rings is 1. The molecule has 0 unspecified atom stereocenters. The lowest BCUT2D eigenvalue weighted by atomic mass is 10.1. The number of halogens is 1. The molecule has 3 aromatic rings. The highest BCUT2D eigenvalue weighted by molar-refractivity contribution is 7.17. The summed E-state index contributed by atoms with van der Waals surface area (Å²) in [4.78, 5) is 20.6. The highest BCUT2D eigenvalue weighted by atomic mass is 32.1. The van der Waals surface area contributed by atoms with Gasteiger partial charge in [0.05, 0.1) is 11.7 Å². The minimum atomic E-state index is -0.283. The molecule has 0 amide bonds. The van der Waals surface area contributed by atoms with Gasteiger partial charge in [-0.2, -0.15) is 0 Å². The molecular weight excluding hydrogens is 349 g/mol. The van der Waals surface area contributed by atoms with Crippen molar-refractivity contribution in [1.29, 1.82) is 0 Å². The SMILES string of the molecule is C=CCN1CC[C@@H](Cn2cnc3scc(-c4ccc(F)cc4)c3c2=O)C1. The highest BCUT2D eigenvalue weighted by Crippen LogP contribution is 2.30. The van der Waals surface area contributed by atoms with E-state index in [1.807, 2.05) is 11.5 Å². The second kappa shape index (κ2) is 7.13. The van der Waals surface area contributed by atoms with Crippen LogP contribution in [0.2, 0.25) is 0 Å². The van der Waals surface area contributed by atoms with E-state index < -0.39 is 0 Å². The number of rotatable bonds is 5. The van der Waals surface area contributed by atoms with Crippen molar-refractivity contribution in [3.63, 3.8) is 0 Å². The summed E-state index contributed by atoms with van der Waals surface area (Å²) in [5.41, 5.74) is 1.65. The molecule has 1 atom stereocenters. The third-order valence-electron chi connectivity index (χ3n) is 4.93. The lowest BCUT2D eigenvalue weighted by molar-refractivity contribution is 0.346. The van der Waals surface area contributed by atoms with Crippen LogP contribution in [0.4, 0.5) is 4.39 Å². The third-order valence-corrected chi connectivity index (χ3v) is 5.81. The zero-order valence-electron chi connectivity index (χ0n) is 14.4. The van der Waals surface area contributed by atoms with Crippen molar-refractivity contribution in [3.8, 4) is 11.1 Å². The smallest absolute Gasteiger partial charge is 0.262 e. The van der Waals surface area contributed by atoms with Gasteiger partial charge in [0, 0.05) is 30.6 Å². The molecule has 6 heteroatoms. The Morgan fingerprint density at radius 2 is 2.15 bits per heavy atom. The predicted molar refractivity (Wildman–Crippen MR) is 104 cm³/mol. The van der Waals surface area contributed by atoms with Crippen LogP contribution in [-0.2, 0) is 6.54 Å². The first-order valence-electron chi connectivity index (χ1n) is 8.71. The van der Waals surface area contributed by atoms with Crippen molar-refractivity contribution in [2.45, 2.75) is 13.0 Å². The molecule has 1 aromatic carbocycles. The summed E-state index contributed by atoms with van der Waals surface area (Å²) in [5.74, 6) is 0.161. The van der Waals surface area contributed by atoms with Crippen LogP contribution in [0.3, 0.4) is 0 Å². The maximum atomic E-state index is 13.2. The van der Waals surface area contributed by atoms with Crippen molar-refractivity contribution >= 4 is 21.6 Å². The molecule has 4 nitrogen and oxygen atoms in total. The Morgan fingerprint density at radius 1 is 1.35 bits per heavy atom. The van der Waals surface area contributed by atoms with Crippen molar-refractivity contribution in [2.75, 3.05) is 19.6 Å². The van der Waals surface area contributed by atoms with Gasteiger partial charge < -0.3 is 0 Å². The Morgan fingerprint density at radius 3 is 2.92 bits per heavy atom. The van der Waals surface area contributed by atoms with Crippen LogP contribution < -0.4 is 5.56 Å². The van der Waals surface area contributed by atoms with Crippen molar-refractivity contribution in [1.82, 2.24) is 14.5 Å². The number of nitrogens with zero attached hydrogens (tertiary/aromatic N) is 3. The first kappa shape index (κ1) is 17.1. The van der Waals surface area contributed by atoms with E-state index in [4.69, 9.17) is 0 Å². The topological polar surface area (TPSA) is 38.1 Å². The highest BCUT2D eigenvalue weighted by Gasteiger charge is 2.23. The van der Waals surface area contributed by atoms with Gasteiger partial charge in [-0.3, -0.25) is 14.3 Å². The predicted octanol–water partition coefficient (Wildman–Crippen LogP) is 3.77.